The molecule has 0 aliphatic rings. The Bertz CT molecular complexity index is 4580. The van der Waals surface area contributed by atoms with Crippen LogP contribution in [0.1, 0.15) is 24.0 Å². The van der Waals surface area contributed by atoms with Gasteiger partial charge in [0.05, 0.1) is 52.7 Å². The number of imidazole rings is 1. The number of para-hydroxylation sites is 2. The number of azo groups is 3. The quantitative estimate of drug-likeness (QED) is 0.0279. The number of benzene rings is 5. The van der Waals surface area contributed by atoms with Gasteiger partial charge in [-0.05, 0) is 73.7 Å². The van der Waals surface area contributed by atoms with E-state index in [1.807, 2.05) is 6.07 Å². The third-order valence-electron chi connectivity index (χ3n) is 11.7. The molecular formula is C44H39N11O19S6. The second-order valence-electron chi connectivity index (χ2n) is 16.9. The van der Waals surface area contributed by atoms with Crippen molar-refractivity contribution in [2.24, 2.45) is 30.7 Å². The number of hydrogen-bond donors (Lipinski definition) is 7. The second-order valence-corrected chi connectivity index (χ2v) is 25.2. The van der Waals surface area contributed by atoms with Crippen molar-refractivity contribution in [3.63, 3.8) is 0 Å². The molecule has 0 fully saturated rings. The summed E-state index contributed by atoms with van der Waals surface area (Å²) in [4.78, 5) is 7.11. The molecule has 36 heteroatoms. The number of ether oxygens (including phenoxy) is 2. The number of methoxy groups -OCH3 is 2. The molecule has 80 heavy (non-hydrogen) atoms. The Morgan fingerprint density at radius 1 is 0.662 bits per heavy atom. The Morgan fingerprint density at radius 2 is 1.26 bits per heavy atom. The summed E-state index contributed by atoms with van der Waals surface area (Å²) in [5.74, 6) is -3.82. The first-order valence-corrected chi connectivity index (χ1v) is 30.7. The van der Waals surface area contributed by atoms with E-state index in [9.17, 15) is 80.3 Å². The molecule has 0 radical (unpaired) electrons. The van der Waals surface area contributed by atoms with Crippen LogP contribution in [-0.2, 0) is 50.6 Å². The van der Waals surface area contributed by atoms with Gasteiger partial charge in [-0.3, -0.25) is 27.2 Å². The van der Waals surface area contributed by atoms with Crippen LogP contribution in [-0.4, -0.2) is 128 Å². The van der Waals surface area contributed by atoms with Gasteiger partial charge in [-0.1, -0.05) is 23.5 Å². The number of aromatic nitrogens is 3. The number of anilines is 1. The summed E-state index contributed by atoms with van der Waals surface area (Å²) in [5, 5.41) is 56.8. The zero-order valence-electron chi connectivity index (χ0n) is 41.0. The molecule has 30 nitrogen and oxygen atoms in total. The van der Waals surface area contributed by atoms with E-state index in [1.165, 1.54) is 41.5 Å². The molecule has 0 bridgehead atoms. The van der Waals surface area contributed by atoms with Crippen molar-refractivity contribution in [2.45, 2.75) is 34.5 Å². The lowest BCUT2D eigenvalue weighted by molar-refractivity contribution is 0.399. The summed E-state index contributed by atoms with van der Waals surface area (Å²) < 4.78 is 186. The van der Waals surface area contributed by atoms with Gasteiger partial charge in [0.2, 0.25) is 11.0 Å². The van der Waals surface area contributed by atoms with Crippen LogP contribution in [0.3, 0.4) is 0 Å². The molecule has 0 spiro atoms. The lowest BCUT2D eigenvalue weighted by atomic mass is 10.1. The minimum absolute atomic E-state index is 0.0306. The number of fused-ring (bicyclic) bond motifs is 5. The van der Waals surface area contributed by atoms with Crippen LogP contribution in [0, 0.1) is 18.3 Å². The maximum Gasteiger partial charge on any atom is 0.299 e. The maximum atomic E-state index is 13.1. The minimum atomic E-state index is -5.47. The predicted octanol–water partition coefficient (Wildman–Crippen LogP) is 8.21. The SMILES string of the molecule is COc1cc(N=Nc2c(S(=O)(=O)O)cc3cc(S(=O)(=O)O)c(N=Nc4c(C)c(C#N)c5nc6ccccc6n5c4O)cc3c2O)c(N(CCCS(=O)(=O)O)CCCS(=O)(=O)O)cc1N=Nc1nc2ccc(OC)c(S(=O)(=O)O)c2s1. The van der Waals surface area contributed by atoms with Gasteiger partial charge in [-0.15, -0.1) is 30.7 Å². The summed E-state index contributed by atoms with van der Waals surface area (Å²) in [6.45, 7) is 0.699. The summed E-state index contributed by atoms with van der Waals surface area (Å²) in [6, 6.07) is 15.5. The Hall–Kier alpha value is -7.96. The van der Waals surface area contributed by atoms with Crippen LogP contribution in [0.15, 0.2) is 112 Å². The fourth-order valence-corrected chi connectivity index (χ4v) is 12.5. The molecule has 0 saturated carbocycles. The third kappa shape index (κ3) is 12.3. The highest BCUT2D eigenvalue weighted by atomic mass is 32.2. The highest BCUT2D eigenvalue weighted by Crippen LogP contribution is 2.48. The Morgan fingerprint density at radius 3 is 1.86 bits per heavy atom. The number of rotatable bonds is 20. The zero-order valence-corrected chi connectivity index (χ0v) is 45.9. The topological polar surface area (TPSA) is 462 Å². The monoisotopic (exact) mass is 1220 g/mol. The first kappa shape index (κ1) is 58.2. The molecule has 3 heterocycles. The summed E-state index contributed by atoms with van der Waals surface area (Å²) in [6.07, 6.45) is -0.709. The van der Waals surface area contributed by atoms with Crippen molar-refractivity contribution in [3.8, 4) is 29.2 Å². The van der Waals surface area contributed by atoms with Gasteiger partial charge >= 0.3 is 0 Å². The van der Waals surface area contributed by atoms with E-state index in [2.05, 4.69) is 40.7 Å². The number of aromatic hydroxyl groups is 2. The van der Waals surface area contributed by atoms with E-state index >= 15 is 0 Å². The molecular weight excluding hydrogens is 1180 g/mol. The van der Waals surface area contributed by atoms with Gasteiger partial charge in [0.25, 0.3) is 50.6 Å². The second kappa shape index (κ2) is 21.9. The van der Waals surface area contributed by atoms with E-state index in [0.29, 0.717) is 34.5 Å². The number of nitriles is 1. The van der Waals surface area contributed by atoms with Crippen molar-refractivity contribution >= 4 is 139 Å². The van der Waals surface area contributed by atoms with E-state index in [-0.39, 0.29) is 92.3 Å². The van der Waals surface area contributed by atoms with Crippen molar-refractivity contribution < 1.29 is 84.5 Å². The van der Waals surface area contributed by atoms with Crippen LogP contribution in [0.2, 0.25) is 0 Å². The van der Waals surface area contributed by atoms with Crippen molar-refractivity contribution in [1.29, 1.82) is 5.26 Å². The van der Waals surface area contributed by atoms with Crippen LogP contribution >= 0.6 is 11.3 Å². The minimum Gasteiger partial charge on any atom is -0.505 e. The molecule has 8 rings (SSSR count). The first-order valence-electron chi connectivity index (χ1n) is 22.3. The maximum absolute atomic E-state index is 13.1. The molecule has 0 saturated heterocycles. The number of phenols is 1. The molecule has 0 amide bonds. The fourth-order valence-electron chi connectivity index (χ4n) is 8.20. The average Bonchev–Trinajstić information content (AvgIpc) is 4.08. The van der Waals surface area contributed by atoms with Gasteiger partial charge < -0.3 is 24.6 Å². The van der Waals surface area contributed by atoms with Gasteiger partial charge in [0.1, 0.15) is 55.7 Å². The van der Waals surface area contributed by atoms with Gasteiger partial charge in [-0.25, -0.2) is 9.97 Å². The van der Waals surface area contributed by atoms with Gasteiger partial charge in [0.15, 0.2) is 22.0 Å². The number of phenolic OH excluding ortho intramolecular Hbond substituents is 1. The predicted molar refractivity (Wildman–Crippen MR) is 285 cm³/mol. The molecule has 7 N–H and O–H groups in total. The standard InChI is InChI=1S/C44H39N11O19S6/c1-22-25(21-45)42-46-26-8-4-5-9-31(26)55(42)43(57)37(22)51-50-30-18-24-23(16-35(30)78(64,65)66)17-36(79(67,68)69)38(39(24)56)52-48-28-20-34(74-3)29(19-32(28)54(12-6-14-76(58,59)60)13-7-15-77(61,62)63)49-53-44-47-27-10-11-33(73-2)41(40(27)75-44)80(70,71)72/h4-5,8-11,16-20,56-57H,6-7,12-15H2,1-3H3,(H,58,59,60)(H,61,62,63)(H,64,65,66)(H,67,68,69)(H,70,71,72). The normalized spacial score (nSPS) is 13.0. The summed E-state index contributed by atoms with van der Waals surface area (Å²) in [5.41, 5.74) is -2.06. The Kier molecular flexibility index (Phi) is 16.0. The molecule has 0 atom stereocenters. The molecule has 0 aliphatic heterocycles. The fraction of sp³-hybridized carbons (Fsp3) is 0.205. The van der Waals surface area contributed by atoms with Crippen LogP contribution in [0.25, 0.3) is 37.7 Å². The van der Waals surface area contributed by atoms with Crippen LogP contribution in [0.5, 0.6) is 23.1 Å². The number of thiazole rings is 1. The molecule has 0 aliphatic carbocycles. The van der Waals surface area contributed by atoms with Crippen molar-refractivity contribution in [2.75, 3.05) is 43.7 Å². The number of nitrogens with zero attached hydrogens (tertiary/aromatic N) is 11. The Labute approximate surface area is 456 Å². The lowest BCUT2D eigenvalue weighted by Crippen LogP contribution is -2.28. The zero-order chi connectivity index (χ0) is 58.4. The van der Waals surface area contributed by atoms with Gasteiger partial charge in [0, 0.05) is 30.1 Å². The van der Waals surface area contributed by atoms with Crippen LogP contribution in [0.4, 0.5) is 39.3 Å². The van der Waals surface area contributed by atoms with E-state index in [0.717, 1.165) is 19.2 Å². The van der Waals surface area contributed by atoms with Crippen LogP contribution < -0.4 is 14.4 Å². The lowest BCUT2D eigenvalue weighted by Gasteiger charge is -2.26. The first-order chi connectivity index (χ1) is 37.4. The number of pyridine rings is 1. The highest BCUT2D eigenvalue weighted by molar-refractivity contribution is 7.87. The van der Waals surface area contributed by atoms with Crippen molar-refractivity contribution in [1.82, 2.24) is 14.4 Å². The van der Waals surface area contributed by atoms with E-state index < -0.39 is 111 Å². The van der Waals surface area contributed by atoms with Gasteiger partial charge in [-0.2, -0.15) is 47.4 Å². The smallest absolute Gasteiger partial charge is 0.299 e. The molecule has 3 aromatic heterocycles. The Balaban J connectivity index is 1.31. The molecule has 420 valence electrons. The molecule has 8 aromatic rings. The average molecular weight is 1220 g/mol. The molecule has 0 unspecified atom stereocenters. The van der Waals surface area contributed by atoms with E-state index in [1.54, 1.807) is 24.3 Å². The summed E-state index contributed by atoms with van der Waals surface area (Å²) in [7, 11) is -22.5. The number of hydrogen-bond acceptors (Lipinski definition) is 25. The largest absolute Gasteiger partial charge is 0.505 e. The van der Waals surface area contributed by atoms with E-state index in [4.69, 9.17) is 9.47 Å². The molecule has 5 aromatic carbocycles. The highest BCUT2D eigenvalue weighted by Gasteiger charge is 2.28. The third-order valence-corrected chi connectivity index (χ3v) is 17.1. The van der Waals surface area contributed by atoms with Crippen molar-refractivity contribution in [3.05, 3.63) is 77.9 Å². The summed E-state index contributed by atoms with van der Waals surface area (Å²) >= 11 is 0.665.